The van der Waals surface area contributed by atoms with Gasteiger partial charge in [-0.15, -0.1) is 10.2 Å². The van der Waals surface area contributed by atoms with Crippen LogP contribution in [0.25, 0.3) is 11.4 Å². The molecule has 2 N–H and O–H groups in total. The smallest absolute Gasteiger partial charge is 0.163 e. The lowest BCUT2D eigenvalue weighted by Crippen LogP contribution is -2.26. The summed E-state index contributed by atoms with van der Waals surface area (Å²) in [7, 11) is 1.92. The standard InChI is InChI=1S/C14H20N4O/c1-14(2,9-19)8-15-12-6-4-11(5-7-12)13-17-16-10-18(13)3/h4-7,10,15,19H,8-9H2,1-3H3. The van der Waals surface area contributed by atoms with Crippen LogP contribution in [0.3, 0.4) is 0 Å². The molecule has 0 bridgehead atoms. The molecule has 0 saturated heterocycles. The largest absolute Gasteiger partial charge is 0.396 e. The van der Waals surface area contributed by atoms with Gasteiger partial charge in [0.05, 0.1) is 0 Å². The number of nitrogens with zero attached hydrogens (tertiary/aromatic N) is 3. The van der Waals surface area contributed by atoms with Gasteiger partial charge in [0.25, 0.3) is 0 Å². The van der Waals surface area contributed by atoms with Crippen molar-refractivity contribution in [3.05, 3.63) is 30.6 Å². The lowest BCUT2D eigenvalue weighted by atomic mass is 9.95. The summed E-state index contributed by atoms with van der Waals surface area (Å²) < 4.78 is 1.89. The van der Waals surface area contributed by atoms with E-state index in [4.69, 9.17) is 0 Å². The van der Waals surface area contributed by atoms with E-state index in [1.807, 2.05) is 49.7 Å². The van der Waals surface area contributed by atoms with Gasteiger partial charge in [0.1, 0.15) is 6.33 Å². The third-order valence-corrected chi connectivity index (χ3v) is 3.05. The predicted octanol–water partition coefficient (Wildman–Crippen LogP) is 1.91. The van der Waals surface area contributed by atoms with Crippen molar-refractivity contribution in [1.82, 2.24) is 14.8 Å². The highest BCUT2D eigenvalue weighted by molar-refractivity contribution is 5.59. The SMILES string of the molecule is Cn1cnnc1-c1ccc(NCC(C)(C)CO)cc1. The minimum Gasteiger partial charge on any atom is -0.396 e. The van der Waals surface area contributed by atoms with E-state index in [0.29, 0.717) is 0 Å². The van der Waals surface area contributed by atoms with Gasteiger partial charge < -0.3 is 15.0 Å². The van der Waals surface area contributed by atoms with Gasteiger partial charge in [-0.05, 0) is 24.3 Å². The van der Waals surface area contributed by atoms with Gasteiger partial charge in [0.15, 0.2) is 5.82 Å². The highest BCUT2D eigenvalue weighted by atomic mass is 16.3. The molecule has 19 heavy (non-hydrogen) atoms. The van der Waals surface area contributed by atoms with E-state index in [2.05, 4.69) is 15.5 Å². The summed E-state index contributed by atoms with van der Waals surface area (Å²) in [6, 6.07) is 8.05. The van der Waals surface area contributed by atoms with E-state index in [0.717, 1.165) is 23.6 Å². The fraction of sp³-hybridized carbons (Fsp3) is 0.429. The first-order chi connectivity index (χ1) is 9.02. The number of rotatable bonds is 5. The number of aliphatic hydroxyl groups excluding tert-OH is 1. The predicted molar refractivity (Wildman–Crippen MR) is 75.8 cm³/mol. The van der Waals surface area contributed by atoms with Crippen molar-refractivity contribution in [2.75, 3.05) is 18.5 Å². The van der Waals surface area contributed by atoms with Crippen molar-refractivity contribution < 1.29 is 5.11 Å². The van der Waals surface area contributed by atoms with Gasteiger partial charge in [-0.2, -0.15) is 0 Å². The maximum Gasteiger partial charge on any atom is 0.163 e. The summed E-state index contributed by atoms with van der Waals surface area (Å²) in [6.45, 7) is 4.94. The summed E-state index contributed by atoms with van der Waals surface area (Å²) in [5, 5.41) is 20.5. The monoisotopic (exact) mass is 260 g/mol. The van der Waals surface area contributed by atoms with Crippen molar-refractivity contribution in [2.24, 2.45) is 12.5 Å². The average molecular weight is 260 g/mol. The second kappa shape index (κ2) is 5.40. The second-order valence-corrected chi connectivity index (χ2v) is 5.52. The van der Waals surface area contributed by atoms with E-state index in [1.54, 1.807) is 6.33 Å². The highest BCUT2D eigenvalue weighted by Crippen LogP contribution is 2.20. The summed E-state index contributed by atoms with van der Waals surface area (Å²) in [6.07, 6.45) is 1.69. The summed E-state index contributed by atoms with van der Waals surface area (Å²) >= 11 is 0. The molecule has 5 nitrogen and oxygen atoms in total. The van der Waals surface area contributed by atoms with Crippen molar-refractivity contribution in [2.45, 2.75) is 13.8 Å². The normalized spacial score (nSPS) is 11.6. The number of aryl methyl sites for hydroxylation is 1. The maximum absolute atomic E-state index is 9.21. The molecule has 0 spiro atoms. The van der Waals surface area contributed by atoms with Crippen LogP contribution >= 0.6 is 0 Å². The molecule has 1 aromatic carbocycles. The van der Waals surface area contributed by atoms with Crippen LogP contribution in [-0.2, 0) is 7.05 Å². The van der Waals surface area contributed by atoms with E-state index in [1.165, 1.54) is 0 Å². The third-order valence-electron chi connectivity index (χ3n) is 3.05. The molecule has 0 aliphatic carbocycles. The molecule has 0 aliphatic heterocycles. The van der Waals surface area contributed by atoms with Crippen LogP contribution in [0, 0.1) is 5.41 Å². The van der Waals surface area contributed by atoms with Crippen molar-refractivity contribution in [3.63, 3.8) is 0 Å². The van der Waals surface area contributed by atoms with Crippen LogP contribution in [0.15, 0.2) is 30.6 Å². The molecule has 0 unspecified atom stereocenters. The Morgan fingerprint density at radius 3 is 2.47 bits per heavy atom. The van der Waals surface area contributed by atoms with Gasteiger partial charge in [-0.1, -0.05) is 13.8 Å². The zero-order valence-corrected chi connectivity index (χ0v) is 11.6. The fourth-order valence-corrected chi connectivity index (χ4v) is 1.68. The first kappa shape index (κ1) is 13.5. The Labute approximate surface area is 113 Å². The van der Waals surface area contributed by atoms with Gasteiger partial charge >= 0.3 is 0 Å². The molecule has 0 aliphatic rings. The van der Waals surface area contributed by atoms with Crippen LogP contribution < -0.4 is 5.32 Å². The Hall–Kier alpha value is -1.88. The lowest BCUT2D eigenvalue weighted by Gasteiger charge is -2.22. The Balaban J connectivity index is 2.05. The summed E-state index contributed by atoms with van der Waals surface area (Å²) in [4.78, 5) is 0. The first-order valence-corrected chi connectivity index (χ1v) is 6.31. The van der Waals surface area contributed by atoms with Gasteiger partial charge in [0, 0.05) is 36.9 Å². The lowest BCUT2D eigenvalue weighted by molar-refractivity contribution is 0.171. The Morgan fingerprint density at radius 1 is 1.26 bits per heavy atom. The number of nitrogens with one attached hydrogen (secondary N) is 1. The molecule has 0 fully saturated rings. The van der Waals surface area contributed by atoms with Crippen LogP contribution in [-0.4, -0.2) is 33.0 Å². The zero-order valence-electron chi connectivity index (χ0n) is 11.6. The van der Waals surface area contributed by atoms with Crippen molar-refractivity contribution in [1.29, 1.82) is 0 Å². The third kappa shape index (κ3) is 3.32. The van der Waals surface area contributed by atoms with Gasteiger partial charge in [-0.3, -0.25) is 0 Å². The first-order valence-electron chi connectivity index (χ1n) is 6.31. The van der Waals surface area contributed by atoms with E-state index in [9.17, 15) is 5.11 Å². The Bertz CT molecular complexity index is 531. The molecule has 0 radical (unpaired) electrons. The van der Waals surface area contributed by atoms with Crippen LogP contribution in [0.1, 0.15) is 13.8 Å². The minimum atomic E-state index is -0.123. The molecular formula is C14H20N4O. The highest BCUT2D eigenvalue weighted by Gasteiger charge is 2.15. The molecule has 1 heterocycles. The molecular weight excluding hydrogens is 240 g/mol. The van der Waals surface area contributed by atoms with Crippen molar-refractivity contribution in [3.8, 4) is 11.4 Å². The molecule has 2 aromatic rings. The number of aliphatic hydroxyl groups is 1. The maximum atomic E-state index is 9.21. The average Bonchev–Trinajstić information content (AvgIpc) is 2.83. The van der Waals surface area contributed by atoms with E-state index in [-0.39, 0.29) is 12.0 Å². The molecule has 102 valence electrons. The van der Waals surface area contributed by atoms with E-state index < -0.39 is 0 Å². The molecule has 0 atom stereocenters. The quantitative estimate of drug-likeness (QED) is 0.862. The molecule has 0 saturated carbocycles. The number of aromatic nitrogens is 3. The molecule has 0 amide bonds. The zero-order chi connectivity index (χ0) is 13.9. The number of hydrogen-bond donors (Lipinski definition) is 2. The van der Waals surface area contributed by atoms with Crippen LogP contribution in [0.2, 0.25) is 0 Å². The molecule has 1 aromatic heterocycles. The topological polar surface area (TPSA) is 63.0 Å². The second-order valence-electron chi connectivity index (χ2n) is 5.52. The Kier molecular flexibility index (Phi) is 3.85. The van der Waals surface area contributed by atoms with Gasteiger partial charge in [-0.25, -0.2) is 0 Å². The van der Waals surface area contributed by atoms with Crippen LogP contribution in [0.4, 0.5) is 5.69 Å². The van der Waals surface area contributed by atoms with Crippen LogP contribution in [0.5, 0.6) is 0 Å². The Morgan fingerprint density at radius 2 is 1.95 bits per heavy atom. The number of anilines is 1. The fourth-order valence-electron chi connectivity index (χ4n) is 1.68. The number of hydrogen-bond acceptors (Lipinski definition) is 4. The summed E-state index contributed by atoms with van der Waals surface area (Å²) in [5.74, 6) is 0.849. The van der Waals surface area contributed by atoms with Gasteiger partial charge in [0.2, 0.25) is 0 Å². The minimum absolute atomic E-state index is 0.123. The van der Waals surface area contributed by atoms with E-state index >= 15 is 0 Å². The number of benzene rings is 1. The van der Waals surface area contributed by atoms with Crippen molar-refractivity contribution >= 4 is 5.69 Å². The molecule has 5 heteroatoms. The molecule has 2 rings (SSSR count). The summed E-state index contributed by atoms with van der Waals surface area (Å²) in [5.41, 5.74) is 1.95.